The predicted molar refractivity (Wildman–Crippen MR) is 121 cm³/mol. The maximum atomic E-state index is 13.2. The summed E-state index contributed by atoms with van der Waals surface area (Å²) in [5.74, 6) is 0.910. The van der Waals surface area contributed by atoms with E-state index in [1.807, 2.05) is 21.9 Å². The summed E-state index contributed by atoms with van der Waals surface area (Å²) >= 11 is 6.10. The zero-order valence-electron chi connectivity index (χ0n) is 18.6. The molecule has 8 heteroatoms. The van der Waals surface area contributed by atoms with E-state index in [4.69, 9.17) is 25.8 Å². The van der Waals surface area contributed by atoms with E-state index < -0.39 is 5.60 Å². The number of nitrogens with zero attached hydrogens (tertiary/aromatic N) is 2. The highest BCUT2D eigenvalue weighted by Crippen LogP contribution is 2.30. The third-order valence-corrected chi connectivity index (χ3v) is 6.88. The van der Waals surface area contributed by atoms with Crippen LogP contribution in [0, 0.1) is 5.92 Å². The van der Waals surface area contributed by atoms with Crippen LogP contribution < -0.4 is 4.74 Å². The maximum Gasteiger partial charge on any atom is 0.225 e. The normalized spacial score (nSPS) is 24.9. The largest absolute Gasteiger partial charge is 0.490 e. The van der Waals surface area contributed by atoms with E-state index in [0.29, 0.717) is 56.8 Å². The first kappa shape index (κ1) is 23.3. The van der Waals surface area contributed by atoms with Gasteiger partial charge in [0.2, 0.25) is 11.8 Å². The molecule has 0 unspecified atom stereocenters. The SMILES string of the molecule is O=C(C[C@@]1(COc2cccc(Cl)c2)CN(C(=O)C2CCCCC2)CCO1)N1CCOCC1. The molecule has 176 valence electrons. The van der Waals surface area contributed by atoms with Crippen molar-refractivity contribution in [2.75, 3.05) is 52.6 Å². The molecule has 1 aromatic rings. The van der Waals surface area contributed by atoms with Gasteiger partial charge in [-0.05, 0) is 31.0 Å². The average molecular weight is 465 g/mol. The second-order valence-corrected chi connectivity index (χ2v) is 9.48. The van der Waals surface area contributed by atoms with Crippen molar-refractivity contribution >= 4 is 23.4 Å². The monoisotopic (exact) mass is 464 g/mol. The number of morpholine rings is 2. The summed E-state index contributed by atoms with van der Waals surface area (Å²) in [4.78, 5) is 30.1. The minimum atomic E-state index is -0.889. The van der Waals surface area contributed by atoms with Crippen molar-refractivity contribution in [2.24, 2.45) is 5.92 Å². The predicted octanol–water partition coefficient (Wildman–Crippen LogP) is 3.15. The quantitative estimate of drug-likeness (QED) is 0.647. The van der Waals surface area contributed by atoms with Gasteiger partial charge in [0.15, 0.2) is 0 Å². The molecule has 1 aromatic carbocycles. The third kappa shape index (κ3) is 5.94. The summed E-state index contributed by atoms with van der Waals surface area (Å²) in [5.41, 5.74) is -0.889. The molecule has 0 N–H and O–H groups in total. The Balaban J connectivity index is 1.48. The third-order valence-electron chi connectivity index (χ3n) is 6.65. The fraction of sp³-hybridized carbons (Fsp3) is 0.667. The Bertz CT molecular complexity index is 794. The lowest BCUT2D eigenvalue weighted by molar-refractivity contribution is -0.169. The maximum absolute atomic E-state index is 13.2. The van der Waals surface area contributed by atoms with Crippen LogP contribution in [0.2, 0.25) is 5.02 Å². The summed E-state index contributed by atoms with van der Waals surface area (Å²) in [7, 11) is 0. The van der Waals surface area contributed by atoms with Gasteiger partial charge in [-0.25, -0.2) is 0 Å². The fourth-order valence-electron chi connectivity index (χ4n) is 4.86. The van der Waals surface area contributed by atoms with Crippen LogP contribution in [0.25, 0.3) is 0 Å². The molecule has 3 aliphatic rings. The first-order chi connectivity index (χ1) is 15.5. The van der Waals surface area contributed by atoms with Gasteiger partial charge in [-0.3, -0.25) is 9.59 Å². The molecule has 0 bridgehead atoms. The molecule has 2 heterocycles. The number of carbonyl (C=O) groups is 2. The van der Waals surface area contributed by atoms with Crippen molar-refractivity contribution in [3.63, 3.8) is 0 Å². The van der Waals surface area contributed by atoms with E-state index in [2.05, 4.69) is 0 Å². The van der Waals surface area contributed by atoms with E-state index in [9.17, 15) is 9.59 Å². The first-order valence-electron chi connectivity index (χ1n) is 11.7. The lowest BCUT2D eigenvalue weighted by Crippen LogP contribution is -2.59. The Morgan fingerprint density at radius 1 is 1.06 bits per heavy atom. The molecule has 2 saturated heterocycles. The molecular weight excluding hydrogens is 432 g/mol. The van der Waals surface area contributed by atoms with Crippen LogP contribution in [0.5, 0.6) is 5.75 Å². The zero-order chi connectivity index (χ0) is 22.4. The van der Waals surface area contributed by atoms with Gasteiger partial charge in [0, 0.05) is 30.6 Å². The van der Waals surface area contributed by atoms with Gasteiger partial charge in [-0.1, -0.05) is 36.9 Å². The van der Waals surface area contributed by atoms with Crippen LogP contribution in [-0.2, 0) is 19.1 Å². The van der Waals surface area contributed by atoms with Crippen LogP contribution in [-0.4, -0.2) is 79.8 Å². The van der Waals surface area contributed by atoms with Gasteiger partial charge >= 0.3 is 0 Å². The lowest BCUT2D eigenvalue weighted by atomic mass is 9.87. The Hall–Kier alpha value is -1.83. The fourth-order valence-corrected chi connectivity index (χ4v) is 5.04. The Kier molecular flexibility index (Phi) is 7.92. The highest BCUT2D eigenvalue weighted by molar-refractivity contribution is 6.30. The molecule has 1 aliphatic carbocycles. The zero-order valence-corrected chi connectivity index (χ0v) is 19.4. The molecule has 2 aliphatic heterocycles. The van der Waals surface area contributed by atoms with E-state index in [1.165, 1.54) is 6.42 Å². The molecular formula is C24H33ClN2O5. The number of rotatable bonds is 6. The van der Waals surface area contributed by atoms with E-state index >= 15 is 0 Å². The number of hydrogen-bond acceptors (Lipinski definition) is 5. The molecule has 2 amide bonds. The van der Waals surface area contributed by atoms with Gasteiger partial charge in [-0.15, -0.1) is 0 Å². The Morgan fingerprint density at radius 2 is 1.81 bits per heavy atom. The first-order valence-corrected chi connectivity index (χ1v) is 12.1. The summed E-state index contributed by atoms with van der Waals surface area (Å²) < 4.78 is 17.6. The van der Waals surface area contributed by atoms with Crippen LogP contribution in [0.1, 0.15) is 38.5 Å². The second-order valence-electron chi connectivity index (χ2n) is 9.04. The van der Waals surface area contributed by atoms with Crippen molar-refractivity contribution in [1.82, 2.24) is 9.80 Å². The number of hydrogen-bond donors (Lipinski definition) is 0. The molecule has 0 aromatic heterocycles. The topological polar surface area (TPSA) is 68.3 Å². The van der Waals surface area contributed by atoms with Gasteiger partial charge < -0.3 is 24.0 Å². The van der Waals surface area contributed by atoms with Gasteiger partial charge in [0.05, 0.1) is 32.8 Å². The van der Waals surface area contributed by atoms with Crippen molar-refractivity contribution < 1.29 is 23.8 Å². The number of carbonyl (C=O) groups excluding carboxylic acids is 2. The summed E-state index contributed by atoms with van der Waals surface area (Å²) in [6.07, 6.45) is 5.50. The highest BCUT2D eigenvalue weighted by Gasteiger charge is 2.43. The molecule has 1 saturated carbocycles. The molecule has 4 rings (SSSR count). The standard InChI is InChI=1S/C24H33ClN2O5/c25-20-7-4-8-21(15-20)31-18-24(16-22(28)26-9-12-30-13-10-26)17-27(11-14-32-24)23(29)19-5-2-1-3-6-19/h4,7-8,15,19H,1-3,5-6,9-14,16-18H2/t24-/m0/s1. The van der Waals surface area contributed by atoms with Gasteiger partial charge in [-0.2, -0.15) is 0 Å². The minimum absolute atomic E-state index is 0.00922. The summed E-state index contributed by atoms with van der Waals surface area (Å²) in [6.45, 7) is 3.74. The van der Waals surface area contributed by atoms with Crippen LogP contribution in [0.3, 0.4) is 0 Å². The van der Waals surface area contributed by atoms with E-state index in [0.717, 1.165) is 25.7 Å². The smallest absolute Gasteiger partial charge is 0.225 e. The number of amides is 2. The van der Waals surface area contributed by atoms with Crippen LogP contribution in [0.4, 0.5) is 0 Å². The average Bonchev–Trinajstić information content (AvgIpc) is 2.84. The Morgan fingerprint density at radius 3 is 2.56 bits per heavy atom. The molecule has 1 atom stereocenters. The van der Waals surface area contributed by atoms with E-state index in [1.54, 1.807) is 12.1 Å². The van der Waals surface area contributed by atoms with Crippen molar-refractivity contribution in [3.8, 4) is 5.75 Å². The summed E-state index contributed by atoms with van der Waals surface area (Å²) in [5, 5.41) is 0.583. The molecule has 32 heavy (non-hydrogen) atoms. The number of ether oxygens (including phenoxy) is 3. The molecule has 7 nitrogen and oxygen atoms in total. The van der Waals surface area contributed by atoms with E-state index in [-0.39, 0.29) is 30.8 Å². The lowest BCUT2D eigenvalue weighted by Gasteiger charge is -2.44. The number of benzene rings is 1. The van der Waals surface area contributed by atoms with Crippen molar-refractivity contribution in [2.45, 2.75) is 44.1 Å². The van der Waals surface area contributed by atoms with Gasteiger partial charge in [0.25, 0.3) is 0 Å². The number of halogens is 1. The molecule has 0 radical (unpaired) electrons. The summed E-state index contributed by atoms with van der Waals surface area (Å²) in [6, 6.07) is 7.18. The second kappa shape index (κ2) is 10.9. The Labute approximate surface area is 194 Å². The van der Waals surface area contributed by atoms with Crippen LogP contribution in [0.15, 0.2) is 24.3 Å². The van der Waals surface area contributed by atoms with Crippen molar-refractivity contribution in [1.29, 1.82) is 0 Å². The minimum Gasteiger partial charge on any atom is -0.490 e. The van der Waals surface area contributed by atoms with Crippen molar-refractivity contribution in [3.05, 3.63) is 29.3 Å². The highest BCUT2D eigenvalue weighted by atomic mass is 35.5. The molecule has 3 fully saturated rings. The van der Waals surface area contributed by atoms with Crippen LogP contribution >= 0.6 is 11.6 Å². The van der Waals surface area contributed by atoms with Gasteiger partial charge in [0.1, 0.15) is 18.0 Å². The molecule has 0 spiro atoms.